The second kappa shape index (κ2) is 8.04. The Morgan fingerprint density at radius 3 is 2.67 bits per heavy atom. The average molecular weight is 417 g/mol. The molecule has 0 bridgehead atoms. The Kier molecular flexibility index (Phi) is 4.94. The number of amides is 1. The molecule has 0 fully saturated rings. The van der Waals surface area contributed by atoms with E-state index in [1.165, 1.54) is 0 Å². The highest BCUT2D eigenvalue weighted by Crippen LogP contribution is 2.33. The first-order valence-corrected chi connectivity index (χ1v) is 10.5. The summed E-state index contributed by atoms with van der Waals surface area (Å²) in [6, 6.07) is 19.4. The normalized spacial score (nSPS) is 12.5. The zero-order valence-corrected chi connectivity index (χ0v) is 16.9. The lowest BCUT2D eigenvalue weighted by molar-refractivity contribution is 0.102. The number of carbonyl (C=O) groups is 1. The zero-order valence-electron chi connectivity index (χ0n) is 16.1. The fourth-order valence-electron chi connectivity index (χ4n) is 3.35. The number of ether oxygens (including phenoxy) is 2. The van der Waals surface area contributed by atoms with E-state index in [1.807, 2.05) is 64.7 Å². The standard InChI is InChI=1S/C23H19N3O3S/c27-23(24-17-8-9-19-20(13-17)29-11-10-28-19)18-15-26(14-16-5-2-1-3-6-16)25-22(18)21-7-4-12-30-21/h1-9,12-13,15H,10-11,14H2,(H,24,27). The van der Waals surface area contributed by atoms with Crippen molar-refractivity contribution in [3.8, 4) is 22.1 Å². The summed E-state index contributed by atoms with van der Waals surface area (Å²) in [6.07, 6.45) is 1.80. The van der Waals surface area contributed by atoms with E-state index in [9.17, 15) is 4.79 Å². The summed E-state index contributed by atoms with van der Waals surface area (Å²) in [6.45, 7) is 1.62. The third kappa shape index (κ3) is 3.79. The van der Waals surface area contributed by atoms with E-state index in [0.29, 0.717) is 48.2 Å². The van der Waals surface area contributed by atoms with Crippen molar-refractivity contribution in [3.05, 3.63) is 83.4 Å². The van der Waals surface area contributed by atoms with Crippen LogP contribution in [0, 0.1) is 0 Å². The van der Waals surface area contributed by atoms with Crippen molar-refractivity contribution < 1.29 is 14.3 Å². The van der Waals surface area contributed by atoms with Crippen LogP contribution in [-0.4, -0.2) is 28.9 Å². The lowest BCUT2D eigenvalue weighted by Gasteiger charge is -2.19. The molecule has 0 aliphatic carbocycles. The van der Waals surface area contributed by atoms with Gasteiger partial charge in [-0.2, -0.15) is 5.10 Å². The number of hydrogen-bond acceptors (Lipinski definition) is 5. The minimum Gasteiger partial charge on any atom is -0.486 e. The maximum Gasteiger partial charge on any atom is 0.259 e. The molecule has 1 amide bonds. The number of aromatic nitrogens is 2. The Hall–Kier alpha value is -3.58. The Balaban J connectivity index is 1.44. The highest BCUT2D eigenvalue weighted by Gasteiger charge is 2.20. The molecule has 0 unspecified atom stereocenters. The number of nitrogens with zero attached hydrogens (tertiary/aromatic N) is 2. The second-order valence-corrected chi connectivity index (χ2v) is 7.81. The van der Waals surface area contributed by atoms with Gasteiger partial charge in [0.05, 0.1) is 17.0 Å². The lowest BCUT2D eigenvalue weighted by Crippen LogP contribution is -2.16. The summed E-state index contributed by atoms with van der Waals surface area (Å²) in [5.74, 6) is 1.11. The van der Waals surface area contributed by atoms with Crippen molar-refractivity contribution >= 4 is 22.9 Å². The van der Waals surface area contributed by atoms with Crippen LogP contribution in [0.3, 0.4) is 0 Å². The molecule has 7 heteroatoms. The summed E-state index contributed by atoms with van der Waals surface area (Å²) in [4.78, 5) is 14.1. The zero-order chi connectivity index (χ0) is 20.3. The first-order chi connectivity index (χ1) is 14.8. The van der Waals surface area contributed by atoms with Crippen LogP contribution < -0.4 is 14.8 Å². The molecule has 0 saturated heterocycles. The van der Waals surface area contributed by atoms with Gasteiger partial charge in [0.15, 0.2) is 11.5 Å². The van der Waals surface area contributed by atoms with Gasteiger partial charge in [-0.25, -0.2) is 0 Å². The molecule has 0 saturated carbocycles. The van der Waals surface area contributed by atoms with Crippen LogP contribution in [0.1, 0.15) is 15.9 Å². The first-order valence-electron chi connectivity index (χ1n) is 9.62. The highest BCUT2D eigenvalue weighted by molar-refractivity contribution is 7.13. The predicted molar refractivity (Wildman–Crippen MR) is 116 cm³/mol. The molecule has 150 valence electrons. The SMILES string of the molecule is O=C(Nc1ccc2c(c1)OCCO2)c1cn(Cc2ccccc2)nc1-c1cccs1. The molecule has 0 radical (unpaired) electrons. The van der Waals surface area contributed by atoms with Gasteiger partial charge in [0.1, 0.15) is 18.9 Å². The number of nitrogens with one attached hydrogen (secondary N) is 1. The molecule has 0 spiro atoms. The number of thiophene rings is 1. The smallest absolute Gasteiger partial charge is 0.259 e. The third-order valence-corrected chi connectivity index (χ3v) is 5.62. The van der Waals surface area contributed by atoms with E-state index < -0.39 is 0 Å². The van der Waals surface area contributed by atoms with Gasteiger partial charge in [-0.15, -0.1) is 11.3 Å². The van der Waals surface area contributed by atoms with Crippen LogP contribution in [0.4, 0.5) is 5.69 Å². The minimum atomic E-state index is -0.214. The Labute approximate surface area is 177 Å². The van der Waals surface area contributed by atoms with E-state index >= 15 is 0 Å². The summed E-state index contributed by atoms with van der Waals surface area (Å²) < 4.78 is 13.0. The maximum atomic E-state index is 13.1. The maximum absolute atomic E-state index is 13.1. The number of carbonyl (C=O) groups excluding carboxylic acids is 1. The number of benzene rings is 2. The van der Waals surface area contributed by atoms with Crippen molar-refractivity contribution in [2.24, 2.45) is 0 Å². The molecular weight excluding hydrogens is 398 g/mol. The number of rotatable bonds is 5. The molecule has 2 aromatic carbocycles. The first kappa shape index (κ1) is 18.4. The summed E-state index contributed by atoms with van der Waals surface area (Å²) in [5.41, 5.74) is 2.98. The fourth-order valence-corrected chi connectivity index (χ4v) is 4.08. The predicted octanol–water partition coefficient (Wildman–Crippen LogP) is 4.68. The fraction of sp³-hybridized carbons (Fsp3) is 0.130. The largest absolute Gasteiger partial charge is 0.486 e. The molecule has 4 aromatic rings. The molecule has 30 heavy (non-hydrogen) atoms. The Morgan fingerprint density at radius 2 is 1.87 bits per heavy atom. The van der Waals surface area contributed by atoms with Crippen molar-refractivity contribution in [2.75, 3.05) is 18.5 Å². The van der Waals surface area contributed by atoms with Crippen molar-refractivity contribution in [1.29, 1.82) is 0 Å². The van der Waals surface area contributed by atoms with Crippen molar-refractivity contribution in [3.63, 3.8) is 0 Å². The van der Waals surface area contributed by atoms with Gasteiger partial charge in [-0.05, 0) is 29.1 Å². The van der Waals surface area contributed by atoms with Crippen LogP contribution in [0.25, 0.3) is 10.6 Å². The molecule has 1 N–H and O–H groups in total. The molecule has 2 aromatic heterocycles. The topological polar surface area (TPSA) is 65.4 Å². The quantitative estimate of drug-likeness (QED) is 0.512. The van der Waals surface area contributed by atoms with Crippen LogP contribution in [0.2, 0.25) is 0 Å². The van der Waals surface area contributed by atoms with E-state index in [4.69, 9.17) is 14.6 Å². The van der Waals surface area contributed by atoms with E-state index in [1.54, 1.807) is 23.6 Å². The summed E-state index contributed by atoms with van der Waals surface area (Å²) in [5, 5.41) is 9.65. The molecule has 5 rings (SSSR count). The molecule has 0 atom stereocenters. The number of hydrogen-bond donors (Lipinski definition) is 1. The van der Waals surface area contributed by atoms with Crippen LogP contribution >= 0.6 is 11.3 Å². The Morgan fingerprint density at radius 1 is 1.03 bits per heavy atom. The molecule has 3 heterocycles. The van der Waals surface area contributed by atoms with E-state index in [2.05, 4.69) is 5.32 Å². The average Bonchev–Trinajstić information content (AvgIpc) is 3.44. The lowest BCUT2D eigenvalue weighted by atomic mass is 10.2. The molecule has 1 aliphatic rings. The Bertz CT molecular complexity index is 1170. The number of fused-ring (bicyclic) bond motifs is 1. The van der Waals surface area contributed by atoms with E-state index in [-0.39, 0.29) is 5.91 Å². The van der Waals surface area contributed by atoms with Gasteiger partial charge in [-0.3, -0.25) is 9.48 Å². The molecule has 1 aliphatic heterocycles. The number of anilines is 1. The highest BCUT2D eigenvalue weighted by atomic mass is 32.1. The van der Waals surface area contributed by atoms with Gasteiger partial charge in [0.25, 0.3) is 5.91 Å². The molecular formula is C23H19N3O3S. The van der Waals surface area contributed by atoms with Crippen LogP contribution in [0.15, 0.2) is 72.2 Å². The third-order valence-electron chi connectivity index (χ3n) is 4.75. The van der Waals surface area contributed by atoms with Gasteiger partial charge in [0, 0.05) is 18.0 Å². The monoisotopic (exact) mass is 417 g/mol. The van der Waals surface area contributed by atoms with Gasteiger partial charge < -0.3 is 14.8 Å². The van der Waals surface area contributed by atoms with Crippen molar-refractivity contribution in [2.45, 2.75) is 6.54 Å². The molecule has 6 nitrogen and oxygen atoms in total. The van der Waals surface area contributed by atoms with E-state index in [0.717, 1.165) is 10.4 Å². The minimum absolute atomic E-state index is 0.214. The second-order valence-electron chi connectivity index (χ2n) is 6.86. The van der Waals surface area contributed by atoms with Crippen LogP contribution in [0.5, 0.6) is 11.5 Å². The van der Waals surface area contributed by atoms with Gasteiger partial charge >= 0.3 is 0 Å². The van der Waals surface area contributed by atoms with Crippen molar-refractivity contribution in [1.82, 2.24) is 9.78 Å². The van der Waals surface area contributed by atoms with Crippen LogP contribution in [-0.2, 0) is 6.54 Å². The summed E-state index contributed by atoms with van der Waals surface area (Å²) in [7, 11) is 0. The summed E-state index contributed by atoms with van der Waals surface area (Å²) >= 11 is 1.56. The van der Waals surface area contributed by atoms with Gasteiger partial charge in [0.2, 0.25) is 0 Å². The van der Waals surface area contributed by atoms with Gasteiger partial charge in [-0.1, -0.05) is 36.4 Å².